The topological polar surface area (TPSA) is 85.4 Å². The molecule has 5 nitrogen and oxygen atoms in total. The molecular weight excluding hydrogens is 244 g/mol. The lowest BCUT2D eigenvalue weighted by molar-refractivity contribution is -0.137. The van der Waals surface area contributed by atoms with Gasteiger partial charge in [0.2, 0.25) is 5.88 Å². The Kier molecular flexibility index (Phi) is 4.10. The third-order valence-electron chi connectivity index (χ3n) is 2.55. The maximum atomic E-state index is 10.6. The Morgan fingerprint density at radius 3 is 2.58 bits per heavy atom. The number of nitrogens with two attached hydrogens (primary N) is 1. The van der Waals surface area contributed by atoms with Crippen LogP contribution in [0.3, 0.4) is 0 Å². The SMILES string of the molecule is NC(CC(=O)O)c1ccc(Oc2ccccc2)nc1. The van der Waals surface area contributed by atoms with E-state index in [-0.39, 0.29) is 6.42 Å². The van der Waals surface area contributed by atoms with Crippen LogP contribution in [0.25, 0.3) is 0 Å². The van der Waals surface area contributed by atoms with Gasteiger partial charge in [0.1, 0.15) is 5.75 Å². The number of aliphatic carboxylic acids is 1. The molecule has 2 rings (SSSR count). The van der Waals surface area contributed by atoms with Crippen LogP contribution < -0.4 is 10.5 Å². The summed E-state index contributed by atoms with van der Waals surface area (Å²) in [5.74, 6) is 0.201. The summed E-state index contributed by atoms with van der Waals surface area (Å²) in [7, 11) is 0. The van der Waals surface area contributed by atoms with Gasteiger partial charge in [-0.3, -0.25) is 4.79 Å². The number of carboxylic acid groups (broad SMARTS) is 1. The number of ether oxygens (including phenoxy) is 1. The van der Waals surface area contributed by atoms with Crippen LogP contribution in [0.4, 0.5) is 0 Å². The summed E-state index contributed by atoms with van der Waals surface area (Å²) in [4.78, 5) is 14.7. The zero-order chi connectivity index (χ0) is 13.7. The molecular formula is C14H14N2O3. The smallest absolute Gasteiger partial charge is 0.305 e. The Bertz CT molecular complexity index is 540. The Labute approximate surface area is 110 Å². The standard InChI is InChI=1S/C14H14N2O3/c15-12(8-14(17)18)10-6-7-13(16-9-10)19-11-4-2-1-3-5-11/h1-7,9,12H,8,15H2,(H,17,18). The van der Waals surface area contributed by atoms with E-state index in [0.717, 1.165) is 0 Å². The summed E-state index contributed by atoms with van der Waals surface area (Å²) in [5, 5.41) is 8.67. The summed E-state index contributed by atoms with van der Waals surface area (Å²) >= 11 is 0. The molecule has 3 N–H and O–H groups in total. The zero-order valence-corrected chi connectivity index (χ0v) is 10.2. The van der Waals surface area contributed by atoms with Gasteiger partial charge in [-0.15, -0.1) is 0 Å². The van der Waals surface area contributed by atoms with Gasteiger partial charge in [-0.1, -0.05) is 24.3 Å². The van der Waals surface area contributed by atoms with Crippen molar-refractivity contribution in [3.8, 4) is 11.6 Å². The molecule has 1 atom stereocenters. The Hall–Kier alpha value is -2.40. The summed E-state index contributed by atoms with van der Waals surface area (Å²) in [5.41, 5.74) is 6.41. The Morgan fingerprint density at radius 2 is 2.00 bits per heavy atom. The number of hydrogen-bond donors (Lipinski definition) is 2. The van der Waals surface area contributed by atoms with Gasteiger partial charge >= 0.3 is 5.97 Å². The number of rotatable bonds is 5. The van der Waals surface area contributed by atoms with E-state index in [1.165, 1.54) is 6.20 Å². The highest BCUT2D eigenvalue weighted by Gasteiger charge is 2.11. The average molecular weight is 258 g/mol. The maximum Gasteiger partial charge on any atom is 0.305 e. The lowest BCUT2D eigenvalue weighted by Gasteiger charge is -2.10. The first-order valence-electron chi connectivity index (χ1n) is 5.81. The van der Waals surface area contributed by atoms with Crippen molar-refractivity contribution in [3.63, 3.8) is 0 Å². The van der Waals surface area contributed by atoms with Crippen LogP contribution >= 0.6 is 0 Å². The first-order chi connectivity index (χ1) is 9.15. The first-order valence-corrected chi connectivity index (χ1v) is 5.81. The summed E-state index contributed by atoms with van der Waals surface area (Å²) in [6, 6.07) is 12.1. The van der Waals surface area contributed by atoms with Crippen LogP contribution in [0.5, 0.6) is 11.6 Å². The first kappa shape index (κ1) is 13.0. The van der Waals surface area contributed by atoms with E-state index in [1.54, 1.807) is 12.1 Å². The molecule has 19 heavy (non-hydrogen) atoms. The lowest BCUT2D eigenvalue weighted by Crippen LogP contribution is -2.15. The molecule has 0 fully saturated rings. The van der Waals surface area contributed by atoms with Crippen LogP contribution in [0.1, 0.15) is 18.0 Å². The van der Waals surface area contributed by atoms with E-state index < -0.39 is 12.0 Å². The molecule has 0 saturated carbocycles. The monoisotopic (exact) mass is 258 g/mol. The van der Waals surface area contributed by atoms with Crippen molar-refractivity contribution >= 4 is 5.97 Å². The van der Waals surface area contributed by atoms with E-state index >= 15 is 0 Å². The number of nitrogens with zero attached hydrogens (tertiary/aromatic N) is 1. The molecule has 1 unspecified atom stereocenters. The van der Waals surface area contributed by atoms with Gasteiger partial charge in [-0.25, -0.2) is 4.98 Å². The number of carbonyl (C=O) groups is 1. The second kappa shape index (κ2) is 5.97. The largest absolute Gasteiger partial charge is 0.481 e. The molecule has 1 aromatic carbocycles. The van der Waals surface area contributed by atoms with Gasteiger partial charge in [0.05, 0.1) is 6.42 Å². The van der Waals surface area contributed by atoms with Crippen molar-refractivity contribution in [1.82, 2.24) is 4.98 Å². The highest BCUT2D eigenvalue weighted by molar-refractivity contribution is 5.67. The fourth-order valence-corrected chi connectivity index (χ4v) is 1.59. The minimum absolute atomic E-state index is 0.124. The van der Waals surface area contributed by atoms with Crippen molar-refractivity contribution in [3.05, 3.63) is 54.2 Å². The van der Waals surface area contributed by atoms with E-state index in [1.807, 2.05) is 30.3 Å². The second-order valence-corrected chi connectivity index (χ2v) is 4.05. The highest BCUT2D eigenvalue weighted by atomic mass is 16.5. The summed E-state index contributed by atoms with van der Waals surface area (Å²) in [6.45, 7) is 0. The van der Waals surface area contributed by atoms with Crippen molar-refractivity contribution in [2.75, 3.05) is 0 Å². The van der Waals surface area contributed by atoms with Crippen molar-refractivity contribution in [1.29, 1.82) is 0 Å². The van der Waals surface area contributed by atoms with Gasteiger partial charge in [0.15, 0.2) is 0 Å². The lowest BCUT2D eigenvalue weighted by atomic mass is 10.1. The fraction of sp³-hybridized carbons (Fsp3) is 0.143. The number of carboxylic acids is 1. The minimum Gasteiger partial charge on any atom is -0.481 e. The van der Waals surface area contributed by atoms with Crippen molar-refractivity contribution in [2.24, 2.45) is 5.73 Å². The Balaban J connectivity index is 2.04. The minimum atomic E-state index is -0.933. The number of para-hydroxylation sites is 1. The molecule has 0 saturated heterocycles. The summed E-state index contributed by atoms with van der Waals surface area (Å²) < 4.78 is 5.53. The van der Waals surface area contributed by atoms with E-state index in [2.05, 4.69) is 4.98 Å². The normalized spacial score (nSPS) is 11.8. The molecule has 1 aromatic heterocycles. The third-order valence-corrected chi connectivity index (χ3v) is 2.55. The van der Waals surface area contributed by atoms with E-state index in [0.29, 0.717) is 17.2 Å². The van der Waals surface area contributed by atoms with Gasteiger partial charge in [-0.2, -0.15) is 0 Å². The molecule has 0 amide bonds. The molecule has 5 heteroatoms. The van der Waals surface area contributed by atoms with Gasteiger partial charge in [0.25, 0.3) is 0 Å². The average Bonchev–Trinajstić information content (AvgIpc) is 2.40. The van der Waals surface area contributed by atoms with Crippen LogP contribution in [0.2, 0.25) is 0 Å². The molecule has 98 valence electrons. The maximum absolute atomic E-state index is 10.6. The highest BCUT2D eigenvalue weighted by Crippen LogP contribution is 2.20. The van der Waals surface area contributed by atoms with E-state index in [9.17, 15) is 4.79 Å². The molecule has 2 aromatic rings. The molecule has 0 aliphatic heterocycles. The second-order valence-electron chi connectivity index (χ2n) is 4.05. The molecule has 0 spiro atoms. The molecule has 0 aliphatic rings. The van der Waals surface area contributed by atoms with Crippen molar-refractivity contribution in [2.45, 2.75) is 12.5 Å². The number of benzene rings is 1. The zero-order valence-electron chi connectivity index (χ0n) is 10.2. The predicted molar refractivity (Wildman–Crippen MR) is 69.9 cm³/mol. The van der Waals surface area contributed by atoms with Crippen LogP contribution in [0, 0.1) is 0 Å². The molecule has 0 aliphatic carbocycles. The number of hydrogen-bond acceptors (Lipinski definition) is 4. The third kappa shape index (κ3) is 3.79. The van der Waals surface area contributed by atoms with Gasteiger partial charge < -0.3 is 15.6 Å². The predicted octanol–water partition coefficient (Wildman–Crippen LogP) is 2.35. The van der Waals surface area contributed by atoms with Crippen LogP contribution in [0.15, 0.2) is 48.7 Å². The molecule has 0 bridgehead atoms. The van der Waals surface area contributed by atoms with Gasteiger partial charge in [0, 0.05) is 18.3 Å². The number of pyridine rings is 1. The quantitative estimate of drug-likeness (QED) is 0.859. The Morgan fingerprint density at radius 1 is 1.26 bits per heavy atom. The van der Waals surface area contributed by atoms with Gasteiger partial charge in [-0.05, 0) is 17.7 Å². The van der Waals surface area contributed by atoms with Crippen LogP contribution in [-0.2, 0) is 4.79 Å². The molecule has 1 heterocycles. The molecule has 0 radical (unpaired) electrons. The fourth-order valence-electron chi connectivity index (χ4n) is 1.59. The van der Waals surface area contributed by atoms with E-state index in [4.69, 9.17) is 15.6 Å². The summed E-state index contributed by atoms with van der Waals surface area (Å²) in [6.07, 6.45) is 1.41. The van der Waals surface area contributed by atoms with Crippen molar-refractivity contribution < 1.29 is 14.6 Å². The van der Waals surface area contributed by atoms with Crippen LogP contribution in [-0.4, -0.2) is 16.1 Å². The number of aromatic nitrogens is 1.